The lowest BCUT2D eigenvalue weighted by Gasteiger charge is -2.10. The fourth-order valence-corrected chi connectivity index (χ4v) is 1.97. The van der Waals surface area contributed by atoms with Crippen molar-refractivity contribution in [1.29, 1.82) is 0 Å². The minimum atomic E-state index is 0.115. The molecule has 0 bridgehead atoms. The molecule has 19 heavy (non-hydrogen) atoms. The summed E-state index contributed by atoms with van der Waals surface area (Å²) in [5.41, 5.74) is 3.79. The van der Waals surface area contributed by atoms with Crippen molar-refractivity contribution >= 4 is 6.08 Å². The maximum Gasteiger partial charge on any atom is 0.0795 e. The second-order valence-electron chi connectivity index (χ2n) is 4.73. The molecule has 0 saturated heterocycles. The fourth-order valence-electron chi connectivity index (χ4n) is 1.97. The summed E-state index contributed by atoms with van der Waals surface area (Å²) >= 11 is 0. The highest BCUT2D eigenvalue weighted by Crippen LogP contribution is 2.10. The predicted octanol–water partition coefficient (Wildman–Crippen LogP) is 4.27. The van der Waals surface area contributed by atoms with Crippen molar-refractivity contribution in [2.45, 2.75) is 19.4 Å². The van der Waals surface area contributed by atoms with Crippen molar-refractivity contribution in [3.05, 3.63) is 77.4 Å². The maximum atomic E-state index is 5.51. The molecule has 0 radical (unpaired) electrons. The van der Waals surface area contributed by atoms with Crippen LogP contribution in [-0.2, 0) is 11.2 Å². The smallest absolute Gasteiger partial charge is 0.0795 e. The van der Waals surface area contributed by atoms with Gasteiger partial charge in [0.2, 0.25) is 0 Å². The summed E-state index contributed by atoms with van der Waals surface area (Å²) in [6.07, 6.45) is 5.26. The Morgan fingerprint density at radius 3 is 2.32 bits per heavy atom. The van der Waals surface area contributed by atoms with Crippen LogP contribution >= 0.6 is 0 Å². The third kappa shape index (κ3) is 4.38. The lowest BCUT2D eigenvalue weighted by atomic mass is 10.1. The molecule has 0 aliphatic rings. The summed E-state index contributed by atoms with van der Waals surface area (Å²) in [6, 6.07) is 18.9. The quantitative estimate of drug-likeness (QED) is 0.772. The van der Waals surface area contributed by atoms with Crippen LogP contribution < -0.4 is 0 Å². The van der Waals surface area contributed by atoms with Crippen LogP contribution in [-0.4, -0.2) is 13.2 Å². The average Bonchev–Trinajstić information content (AvgIpc) is 2.46. The molecule has 0 fully saturated rings. The van der Waals surface area contributed by atoms with E-state index in [1.807, 2.05) is 6.07 Å². The van der Waals surface area contributed by atoms with E-state index >= 15 is 0 Å². The molecule has 1 atom stereocenters. The van der Waals surface area contributed by atoms with Gasteiger partial charge in [0.25, 0.3) is 0 Å². The first-order chi connectivity index (χ1) is 9.28. The summed E-state index contributed by atoms with van der Waals surface area (Å²) < 4.78 is 5.51. The first-order valence-electron chi connectivity index (χ1n) is 6.59. The van der Waals surface area contributed by atoms with E-state index < -0.39 is 0 Å². The topological polar surface area (TPSA) is 9.23 Å². The Kier molecular flexibility index (Phi) is 4.93. The van der Waals surface area contributed by atoms with Gasteiger partial charge in [0.15, 0.2) is 0 Å². The lowest BCUT2D eigenvalue weighted by Crippen LogP contribution is -2.10. The van der Waals surface area contributed by atoms with E-state index in [9.17, 15) is 0 Å². The van der Waals surface area contributed by atoms with Crippen LogP contribution in [0.5, 0.6) is 0 Å². The van der Waals surface area contributed by atoms with Gasteiger partial charge in [0.1, 0.15) is 0 Å². The normalized spacial score (nSPS) is 12.7. The third-order valence-corrected chi connectivity index (χ3v) is 3.16. The van der Waals surface area contributed by atoms with Crippen molar-refractivity contribution in [3.8, 4) is 0 Å². The Bertz CT molecular complexity index is 511. The molecule has 0 aliphatic carbocycles. The SMILES string of the molecule is CO[C@H](/C=C\c1ccc(C)cc1)Cc1ccccc1. The third-order valence-electron chi connectivity index (χ3n) is 3.16. The van der Waals surface area contributed by atoms with Crippen LogP contribution in [0.2, 0.25) is 0 Å². The van der Waals surface area contributed by atoms with Crippen molar-refractivity contribution in [2.24, 2.45) is 0 Å². The second kappa shape index (κ2) is 6.91. The maximum absolute atomic E-state index is 5.51. The van der Waals surface area contributed by atoms with Crippen molar-refractivity contribution in [1.82, 2.24) is 0 Å². The molecule has 0 N–H and O–H groups in total. The van der Waals surface area contributed by atoms with Gasteiger partial charge in [-0.3, -0.25) is 0 Å². The molecule has 0 heterocycles. The summed E-state index contributed by atoms with van der Waals surface area (Å²) in [5.74, 6) is 0. The Morgan fingerprint density at radius 1 is 1.00 bits per heavy atom. The summed E-state index contributed by atoms with van der Waals surface area (Å²) in [7, 11) is 1.76. The molecule has 0 spiro atoms. The van der Waals surface area contributed by atoms with Gasteiger partial charge in [-0.25, -0.2) is 0 Å². The molecule has 0 aliphatic heterocycles. The Hall–Kier alpha value is -1.86. The largest absolute Gasteiger partial charge is 0.377 e. The summed E-state index contributed by atoms with van der Waals surface area (Å²) in [6.45, 7) is 2.10. The van der Waals surface area contributed by atoms with Crippen LogP contribution in [0.15, 0.2) is 60.7 Å². The van der Waals surface area contributed by atoms with Crippen LogP contribution in [0, 0.1) is 6.92 Å². The van der Waals surface area contributed by atoms with E-state index in [1.54, 1.807) is 7.11 Å². The van der Waals surface area contributed by atoms with Gasteiger partial charge < -0.3 is 4.74 Å². The molecule has 2 aromatic rings. The van der Waals surface area contributed by atoms with Gasteiger partial charge in [-0.2, -0.15) is 0 Å². The monoisotopic (exact) mass is 252 g/mol. The molecule has 0 aromatic heterocycles. The fraction of sp³-hybridized carbons (Fsp3) is 0.222. The van der Waals surface area contributed by atoms with Crippen molar-refractivity contribution in [3.63, 3.8) is 0 Å². The molecule has 0 unspecified atom stereocenters. The van der Waals surface area contributed by atoms with Gasteiger partial charge in [-0.05, 0) is 18.1 Å². The lowest BCUT2D eigenvalue weighted by molar-refractivity contribution is 0.142. The number of benzene rings is 2. The van der Waals surface area contributed by atoms with Gasteiger partial charge in [-0.1, -0.05) is 72.3 Å². The average molecular weight is 252 g/mol. The number of aryl methyl sites for hydroxylation is 1. The van der Waals surface area contributed by atoms with E-state index in [-0.39, 0.29) is 6.10 Å². The molecule has 1 nitrogen and oxygen atoms in total. The molecule has 0 amide bonds. The van der Waals surface area contributed by atoms with Crippen LogP contribution in [0.3, 0.4) is 0 Å². The summed E-state index contributed by atoms with van der Waals surface area (Å²) in [5, 5.41) is 0. The van der Waals surface area contributed by atoms with Gasteiger partial charge in [-0.15, -0.1) is 0 Å². The highest BCUT2D eigenvalue weighted by molar-refractivity contribution is 5.50. The number of ether oxygens (including phenoxy) is 1. The number of methoxy groups -OCH3 is 1. The van der Waals surface area contributed by atoms with E-state index in [0.717, 1.165) is 6.42 Å². The molecule has 2 rings (SSSR count). The molecular weight excluding hydrogens is 232 g/mol. The summed E-state index contributed by atoms with van der Waals surface area (Å²) in [4.78, 5) is 0. The molecule has 0 saturated carbocycles. The van der Waals surface area contributed by atoms with Crippen molar-refractivity contribution < 1.29 is 4.74 Å². The molecule has 1 heteroatoms. The van der Waals surface area contributed by atoms with E-state index in [4.69, 9.17) is 4.74 Å². The minimum absolute atomic E-state index is 0.115. The van der Waals surface area contributed by atoms with Gasteiger partial charge in [0.05, 0.1) is 6.10 Å². The standard InChI is InChI=1S/C18H20O/c1-15-8-10-16(11-9-15)12-13-18(19-2)14-17-6-4-3-5-7-17/h3-13,18H,14H2,1-2H3/b13-12-/t18-/m1/s1. The number of rotatable bonds is 5. The number of hydrogen-bond donors (Lipinski definition) is 0. The Balaban J connectivity index is 2.00. The zero-order chi connectivity index (χ0) is 13.5. The zero-order valence-electron chi connectivity index (χ0n) is 11.5. The predicted molar refractivity (Wildman–Crippen MR) is 81.2 cm³/mol. The highest BCUT2D eigenvalue weighted by atomic mass is 16.5. The minimum Gasteiger partial charge on any atom is -0.377 e. The van der Waals surface area contributed by atoms with Gasteiger partial charge >= 0.3 is 0 Å². The first kappa shape index (κ1) is 13.6. The molecule has 98 valence electrons. The second-order valence-corrected chi connectivity index (χ2v) is 4.73. The molecular formula is C18H20O. The first-order valence-corrected chi connectivity index (χ1v) is 6.59. The Labute approximate surface area is 115 Å². The van der Waals surface area contributed by atoms with E-state index in [1.165, 1.54) is 16.7 Å². The van der Waals surface area contributed by atoms with Crippen LogP contribution in [0.25, 0.3) is 6.08 Å². The van der Waals surface area contributed by atoms with Crippen LogP contribution in [0.4, 0.5) is 0 Å². The highest BCUT2D eigenvalue weighted by Gasteiger charge is 2.03. The van der Waals surface area contributed by atoms with Crippen molar-refractivity contribution in [2.75, 3.05) is 7.11 Å². The number of hydrogen-bond acceptors (Lipinski definition) is 1. The Morgan fingerprint density at radius 2 is 1.68 bits per heavy atom. The molecule has 2 aromatic carbocycles. The van der Waals surface area contributed by atoms with Crippen LogP contribution in [0.1, 0.15) is 16.7 Å². The van der Waals surface area contributed by atoms with Gasteiger partial charge in [0, 0.05) is 13.5 Å². The zero-order valence-corrected chi connectivity index (χ0v) is 11.5. The van der Waals surface area contributed by atoms with E-state index in [0.29, 0.717) is 0 Å². The van der Waals surface area contributed by atoms with E-state index in [2.05, 4.69) is 67.6 Å².